The SMILES string of the molecule is O=c1n(Cc2ncc(-c3ccccc3C(F)(F)F)s2)nc(-c2ccc(Cl)cc2)n1C[C@H](O)C(F)(F)F. The summed E-state index contributed by atoms with van der Waals surface area (Å²) < 4.78 is 80.6. The highest BCUT2D eigenvalue weighted by Crippen LogP contribution is 2.38. The topological polar surface area (TPSA) is 72.9 Å². The monoisotopic (exact) mass is 548 g/mol. The van der Waals surface area contributed by atoms with Gasteiger partial charge in [0.2, 0.25) is 0 Å². The first-order valence-electron chi connectivity index (χ1n) is 10.1. The molecule has 0 radical (unpaired) electrons. The van der Waals surface area contributed by atoms with E-state index in [0.29, 0.717) is 9.59 Å². The van der Waals surface area contributed by atoms with Gasteiger partial charge in [-0.25, -0.2) is 14.5 Å². The summed E-state index contributed by atoms with van der Waals surface area (Å²) in [5, 5.41) is 14.2. The van der Waals surface area contributed by atoms with Gasteiger partial charge in [0.25, 0.3) is 0 Å². The van der Waals surface area contributed by atoms with Crippen molar-refractivity contribution in [2.45, 2.75) is 31.5 Å². The maximum absolute atomic E-state index is 13.4. The number of hydrogen-bond acceptors (Lipinski definition) is 5. The first kappa shape index (κ1) is 25.9. The number of rotatable bonds is 6. The van der Waals surface area contributed by atoms with E-state index in [0.717, 1.165) is 22.1 Å². The van der Waals surface area contributed by atoms with Crippen LogP contribution in [0.1, 0.15) is 10.6 Å². The summed E-state index contributed by atoms with van der Waals surface area (Å²) in [6.07, 6.45) is -11.2. The number of aliphatic hydroxyl groups is 1. The van der Waals surface area contributed by atoms with Crippen molar-refractivity contribution in [3.05, 3.63) is 80.8 Å². The highest BCUT2D eigenvalue weighted by Gasteiger charge is 2.39. The van der Waals surface area contributed by atoms with E-state index in [1.165, 1.54) is 48.7 Å². The Morgan fingerprint density at radius 3 is 2.33 bits per heavy atom. The lowest BCUT2D eigenvalue weighted by Gasteiger charge is -2.15. The first-order chi connectivity index (χ1) is 16.8. The maximum atomic E-state index is 13.4. The fourth-order valence-corrected chi connectivity index (χ4v) is 4.44. The number of aliphatic hydroxyl groups excluding tert-OH is 1. The Morgan fingerprint density at radius 1 is 1.03 bits per heavy atom. The number of thiazole rings is 1. The van der Waals surface area contributed by atoms with Crippen LogP contribution < -0.4 is 5.69 Å². The van der Waals surface area contributed by atoms with E-state index in [4.69, 9.17) is 11.6 Å². The van der Waals surface area contributed by atoms with Crippen LogP contribution in [0.2, 0.25) is 5.02 Å². The summed E-state index contributed by atoms with van der Waals surface area (Å²) in [7, 11) is 0. The van der Waals surface area contributed by atoms with Crippen molar-refractivity contribution in [3.8, 4) is 21.8 Å². The van der Waals surface area contributed by atoms with Gasteiger partial charge in [0.15, 0.2) is 11.9 Å². The molecule has 0 saturated heterocycles. The third-order valence-corrected chi connectivity index (χ3v) is 6.36. The van der Waals surface area contributed by atoms with Gasteiger partial charge in [0.05, 0.1) is 23.5 Å². The van der Waals surface area contributed by atoms with Crippen LogP contribution in [0.25, 0.3) is 21.8 Å². The average Bonchev–Trinajstić information content (AvgIpc) is 3.39. The van der Waals surface area contributed by atoms with Gasteiger partial charge in [-0.2, -0.15) is 26.3 Å². The van der Waals surface area contributed by atoms with Crippen molar-refractivity contribution in [1.82, 2.24) is 19.3 Å². The molecule has 0 aliphatic heterocycles. The Morgan fingerprint density at radius 2 is 1.69 bits per heavy atom. The fraction of sp³-hybridized carbons (Fsp3) is 0.227. The molecule has 2 heterocycles. The number of alkyl halides is 6. The van der Waals surface area contributed by atoms with E-state index >= 15 is 0 Å². The largest absolute Gasteiger partial charge is 0.417 e. The number of aromatic nitrogens is 4. The fourth-order valence-electron chi connectivity index (χ4n) is 3.38. The minimum atomic E-state index is -4.98. The van der Waals surface area contributed by atoms with Crippen LogP contribution in [0.15, 0.2) is 59.5 Å². The molecule has 0 bridgehead atoms. The second-order valence-electron chi connectivity index (χ2n) is 7.60. The molecule has 0 aliphatic carbocycles. The molecule has 0 aliphatic rings. The summed E-state index contributed by atoms with van der Waals surface area (Å²) in [4.78, 5) is 17.2. The van der Waals surface area contributed by atoms with Gasteiger partial charge in [-0.05, 0) is 30.3 Å². The number of benzene rings is 2. The summed E-state index contributed by atoms with van der Waals surface area (Å²) in [5.41, 5.74) is -1.64. The molecule has 0 amide bonds. The summed E-state index contributed by atoms with van der Waals surface area (Å²) >= 11 is 6.74. The highest BCUT2D eigenvalue weighted by atomic mass is 35.5. The van der Waals surface area contributed by atoms with E-state index in [9.17, 15) is 36.2 Å². The van der Waals surface area contributed by atoms with Crippen LogP contribution in [-0.2, 0) is 19.3 Å². The van der Waals surface area contributed by atoms with E-state index in [2.05, 4.69) is 10.1 Å². The van der Waals surface area contributed by atoms with Gasteiger partial charge in [-0.3, -0.25) is 4.57 Å². The zero-order valence-corrected chi connectivity index (χ0v) is 19.5. The van der Waals surface area contributed by atoms with Crippen LogP contribution >= 0.6 is 22.9 Å². The molecule has 14 heteroatoms. The van der Waals surface area contributed by atoms with Crippen LogP contribution in [0.4, 0.5) is 26.3 Å². The predicted octanol–water partition coefficient (Wildman–Crippen LogP) is 5.48. The Hall–Kier alpha value is -3.16. The molecule has 0 spiro atoms. The van der Waals surface area contributed by atoms with Crippen LogP contribution in [0, 0.1) is 0 Å². The van der Waals surface area contributed by atoms with Crippen molar-refractivity contribution in [2.24, 2.45) is 0 Å². The third kappa shape index (κ3) is 5.47. The second kappa shape index (κ2) is 9.71. The second-order valence-corrected chi connectivity index (χ2v) is 9.15. The molecule has 6 nitrogen and oxygen atoms in total. The number of nitrogens with zero attached hydrogens (tertiary/aromatic N) is 4. The Kier molecular flexibility index (Phi) is 6.99. The number of hydrogen-bond donors (Lipinski definition) is 1. The van der Waals surface area contributed by atoms with Gasteiger partial charge in [0, 0.05) is 22.3 Å². The van der Waals surface area contributed by atoms with Crippen molar-refractivity contribution < 1.29 is 31.4 Å². The van der Waals surface area contributed by atoms with Gasteiger partial charge >= 0.3 is 18.0 Å². The quantitative estimate of drug-likeness (QED) is 0.324. The Labute approximate surface area is 208 Å². The molecule has 4 aromatic rings. The molecule has 1 atom stereocenters. The molecule has 1 N–H and O–H groups in total. The smallest absolute Gasteiger partial charge is 0.382 e. The summed E-state index contributed by atoms with van der Waals surface area (Å²) in [6.45, 7) is -1.42. The molecule has 190 valence electrons. The Bertz CT molecular complexity index is 1430. The van der Waals surface area contributed by atoms with Crippen LogP contribution in [-0.4, -0.2) is 36.7 Å². The molecule has 0 unspecified atom stereocenters. The molecule has 2 aromatic carbocycles. The van der Waals surface area contributed by atoms with Gasteiger partial charge < -0.3 is 5.11 Å². The first-order valence-corrected chi connectivity index (χ1v) is 11.3. The molecule has 2 aromatic heterocycles. The summed E-state index contributed by atoms with van der Waals surface area (Å²) in [5.74, 6) is -0.154. The average molecular weight is 549 g/mol. The standard InChI is InChI=1S/C22H15ClF6N4O2S/c23-13-7-5-12(6-8-13)19-31-33(20(35)32(19)10-17(34)22(27,28)29)11-18-30-9-16(36-18)14-3-1-2-4-15(14)21(24,25)26/h1-9,17,34H,10-11H2/t17-/m0/s1. The lowest BCUT2D eigenvalue weighted by Crippen LogP contribution is -2.37. The minimum Gasteiger partial charge on any atom is -0.382 e. The molecule has 0 fully saturated rings. The normalized spacial score (nSPS) is 13.2. The van der Waals surface area contributed by atoms with Crippen molar-refractivity contribution in [2.75, 3.05) is 0 Å². The molecule has 36 heavy (non-hydrogen) atoms. The van der Waals surface area contributed by atoms with Crippen molar-refractivity contribution in [3.63, 3.8) is 0 Å². The van der Waals surface area contributed by atoms with E-state index < -0.39 is 36.3 Å². The number of halogens is 7. The molecule has 4 rings (SSSR count). The van der Waals surface area contributed by atoms with Gasteiger partial charge in [-0.1, -0.05) is 29.8 Å². The lowest BCUT2D eigenvalue weighted by molar-refractivity contribution is -0.207. The predicted molar refractivity (Wildman–Crippen MR) is 121 cm³/mol. The molecular formula is C22H15ClF6N4O2S. The summed E-state index contributed by atoms with van der Waals surface area (Å²) in [6, 6.07) is 10.7. The van der Waals surface area contributed by atoms with E-state index in [1.807, 2.05) is 0 Å². The van der Waals surface area contributed by atoms with Gasteiger partial charge in [-0.15, -0.1) is 16.4 Å². The minimum absolute atomic E-state index is 0.0956. The third-order valence-electron chi connectivity index (χ3n) is 5.10. The van der Waals surface area contributed by atoms with E-state index in [-0.39, 0.29) is 33.4 Å². The zero-order chi connectivity index (χ0) is 26.3. The van der Waals surface area contributed by atoms with Crippen molar-refractivity contribution >= 4 is 22.9 Å². The maximum Gasteiger partial charge on any atom is 0.417 e. The highest BCUT2D eigenvalue weighted by molar-refractivity contribution is 7.15. The lowest BCUT2D eigenvalue weighted by atomic mass is 10.1. The van der Waals surface area contributed by atoms with E-state index in [1.54, 1.807) is 0 Å². The zero-order valence-electron chi connectivity index (χ0n) is 17.9. The van der Waals surface area contributed by atoms with Gasteiger partial charge in [0.1, 0.15) is 5.01 Å². The van der Waals surface area contributed by atoms with Crippen LogP contribution in [0.3, 0.4) is 0 Å². The van der Waals surface area contributed by atoms with Crippen LogP contribution in [0.5, 0.6) is 0 Å². The molecular weight excluding hydrogens is 534 g/mol. The molecule has 0 saturated carbocycles. The van der Waals surface area contributed by atoms with Crippen molar-refractivity contribution in [1.29, 1.82) is 0 Å². The Balaban J connectivity index is 1.71.